The minimum absolute atomic E-state index is 0.168. The van der Waals surface area contributed by atoms with E-state index in [1.165, 1.54) is 6.07 Å². The van der Waals surface area contributed by atoms with Gasteiger partial charge in [0.15, 0.2) is 11.6 Å². The van der Waals surface area contributed by atoms with E-state index in [-0.39, 0.29) is 23.7 Å². The zero-order valence-corrected chi connectivity index (χ0v) is 9.55. The molecule has 0 heterocycles. The van der Waals surface area contributed by atoms with Gasteiger partial charge in [0.2, 0.25) is 0 Å². The molecule has 0 unspecified atom stereocenters. The Morgan fingerprint density at radius 2 is 2.12 bits per heavy atom. The van der Waals surface area contributed by atoms with Gasteiger partial charge >= 0.3 is 5.91 Å². The molecule has 0 aliphatic carbocycles. The van der Waals surface area contributed by atoms with E-state index in [2.05, 4.69) is 10.2 Å². The Balaban J connectivity index is 3.03. The van der Waals surface area contributed by atoms with Crippen LogP contribution >= 0.6 is 0 Å². The van der Waals surface area contributed by atoms with Crippen molar-refractivity contribution >= 4 is 11.6 Å². The van der Waals surface area contributed by atoms with Gasteiger partial charge in [-0.2, -0.15) is 0 Å². The van der Waals surface area contributed by atoms with Crippen LogP contribution in [0.5, 0.6) is 0 Å². The third-order valence-electron chi connectivity index (χ3n) is 2.18. The highest BCUT2D eigenvalue weighted by atomic mass is 19.2. The van der Waals surface area contributed by atoms with Crippen LogP contribution in [0.4, 0.5) is 14.5 Å². The topological polar surface area (TPSA) is 33.5 Å². The van der Waals surface area contributed by atoms with Crippen molar-refractivity contribution in [1.82, 2.24) is 0 Å². The lowest BCUT2D eigenvalue weighted by molar-refractivity contribution is -0.114. The van der Waals surface area contributed by atoms with Gasteiger partial charge in [-0.1, -0.05) is 13.8 Å². The molecule has 5 heteroatoms. The summed E-state index contributed by atoms with van der Waals surface area (Å²) in [5.74, 6) is -2.64. The number of halogens is 2. The predicted molar refractivity (Wildman–Crippen MR) is 60.5 cm³/mol. The second kappa shape index (κ2) is 5.39. The summed E-state index contributed by atoms with van der Waals surface area (Å²) < 4.78 is 26.6. The van der Waals surface area contributed by atoms with Gasteiger partial charge in [0.25, 0.3) is 6.54 Å². The maximum Gasteiger partial charge on any atom is 0.304 e. The lowest BCUT2D eigenvalue weighted by atomic mass is 10.0. The van der Waals surface area contributed by atoms with Crippen molar-refractivity contribution in [1.29, 1.82) is 0 Å². The fourth-order valence-electron chi connectivity index (χ4n) is 1.37. The third kappa shape index (κ3) is 3.25. The van der Waals surface area contributed by atoms with Crippen molar-refractivity contribution in [2.75, 3.05) is 11.9 Å². The van der Waals surface area contributed by atoms with E-state index in [0.717, 1.165) is 6.07 Å². The van der Waals surface area contributed by atoms with Crippen LogP contribution in [0.15, 0.2) is 12.1 Å². The molecule has 0 aromatic heterocycles. The first-order valence-corrected chi connectivity index (χ1v) is 5.07. The summed E-state index contributed by atoms with van der Waals surface area (Å²) >= 11 is 0. The predicted octanol–water partition coefficient (Wildman–Crippen LogP) is 2.95. The highest BCUT2D eigenvalue weighted by Gasteiger charge is 2.15. The number of hydrogen-bond acceptors (Lipinski definition) is 1. The van der Waals surface area contributed by atoms with Crippen LogP contribution in [0, 0.1) is 18.2 Å². The summed E-state index contributed by atoms with van der Waals surface area (Å²) in [7, 11) is 0. The van der Waals surface area contributed by atoms with Crippen molar-refractivity contribution < 1.29 is 13.6 Å². The highest BCUT2D eigenvalue weighted by molar-refractivity contribution is 5.93. The molecule has 1 N–H and O–H groups in total. The average molecular weight is 238 g/mol. The molecule has 0 radical (unpaired) electrons. The fraction of sp³-hybridized carbons (Fsp3) is 0.333. The van der Waals surface area contributed by atoms with Gasteiger partial charge in [-0.15, -0.1) is 0 Å². The number of hydrogen-bond donors (Lipinski definition) is 1. The molecule has 17 heavy (non-hydrogen) atoms. The molecule has 0 bridgehead atoms. The van der Waals surface area contributed by atoms with Crippen LogP contribution in [0.25, 0.3) is 4.85 Å². The van der Waals surface area contributed by atoms with Gasteiger partial charge in [-0.25, -0.2) is 15.4 Å². The Labute approximate surface area is 98.3 Å². The number of benzene rings is 1. The van der Waals surface area contributed by atoms with E-state index >= 15 is 0 Å². The Bertz CT molecular complexity index is 478. The first kappa shape index (κ1) is 13.1. The zero-order valence-electron chi connectivity index (χ0n) is 9.55. The minimum Gasteiger partial charge on any atom is -0.320 e. The number of nitrogens with zero attached hydrogens (tertiary/aromatic N) is 1. The standard InChI is InChI=1S/C12H12F2N2O/c1-7(2)9-4-8(5-10(13)12(9)14)16-11(17)6-15-3/h4-5,7H,6H2,1-2H3,(H,16,17). The van der Waals surface area contributed by atoms with Crippen LogP contribution in [0.3, 0.4) is 0 Å². The molecule has 1 rings (SSSR count). The average Bonchev–Trinajstić information content (AvgIpc) is 2.23. The summed E-state index contributed by atoms with van der Waals surface area (Å²) in [4.78, 5) is 14.0. The van der Waals surface area contributed by atoms with E-state index in [0.29, 0.717) is 0 Å². The first-order chi connectivity index (χ1) is 7.95. The van der Waals surface area contributed by atoms with Crippen molar-refractivity contribution in [3.63, 3.8) is 0 Å². The van der Waals surface area contributed by atoms with Crippen molar-refractivity contribution in [2.24, 2.45) is 0 Å². The highest BCUT2D eigenvalue weighted by Crippen LogP contribution is 2.24. The number of carbonyl (C=O) groups is 1. The summed E-state index contributed by atoms with van der Waals surface area (Å²) in [6, 6.07) is 2.29. The minimum atomic E-state index is -1.01. The molecule has 0 saturated carbocycles. The SMILES string of the molecule is [C-]#[N+]CC(=O)Nc1cc(F)c(F)c(C(C)C)c1. The van der Waals surface area contributed by atoms with E-state index in [9.17, 15) is 13.6 Å². The van der Waals surface area contributed by atoms with E-state index in [1.54, 1.807) is 13.8 Å². The van der Waals surface area contributed by atoms with Gasteiger partial charge in [0, 0.05) is 11.8 Å². The Kier molecular flexibility index (Phi) is 4.16. The Morgan fingerprint density at radius 1 is 1.47 bits per heavy atom. The summed E-state index contributed by atoms with van der Waals surface area (Å²) in [5.41, 5.74) is 0.365. The molecular formula is C12H12F2N2O. The second-order valence-electron chi connectivity index (χ2n) is 3.88. The van der Waals surface area contributed by atoms with Gasteiger partial charge in [0.1, 0.15) is 0 Å². The van der Waals surface area contributed by atoms with Gasteiger partial charge in [-0.05, 0) is 17.5 Å². The summed E-state index contributed by atoms with van der Waals surface area (Å²) in [6.07, 6.45) is 0. The molecule has 1 amide bonds. The smallest absolute Gasteiger partial charge is 0.304 e. The van der Waals surface area contributed by atoms with Crippen LogP contribution in [-0.2, 0) is 4.79 Å². The van der Waals surface area contributed by atoms with Crippen LogP contribution in [0.1, 0.15) is 25.3 Å². The quantitative estimate of drug-likeness (QED) is 0.807. The summed E-state index contributed by atoms with van der Waals surface area (Å²) in [5, 5.41) is 2.35. The van der Waals surface area contributed by atoms with Crippen molar-refractivity contribution in [3.05, 3.63) is 40.7 Å². The van der Waals surface area contributed by atoms with Crippen molar-refractivity contribution in [2.45, 2.75) is 19.8 Å². The number of rotatable bonds is 3. The van der Waals surface area contributed by atoms with Crippen LogP contribution in [0.2, 0.25) is 0 Å². The first-order valence-electron chi connectivity index (χ1n) is 5.07. The number of nitrogens with one attached hydrogen (secondary N) is 1. The summed E-state index contributed by atoms with van der Waals surface area (Å²) in [6.45, 7) is 9.63. The molecular weight excluding hydrogens is 226 g/mol. The molecule has 0 atom stereocenters. The van der Waals surface area contributed by atoms with Gasteiger partial charge in [-0.3, -0.25) is 4.79 Å². The second-order valence-corrected chi connectivity index (χ2v) is 3.88. The molecule has 0 aliphatic heterocycles. The Morgan fingerprint density at radius 3 is 2.65 bits per heavy atom. The zero-order chi connectivity index (χ0) is 13.0. The van der Waals surface area contributed by atoms with Crippen molar-refractivity contribution in [3.8, 4) is 0 Å². The lowest BCUT2D eigenvalue weighted by Gasteiger charge is -2.10. The van der Waals surface area contributed by atoms with E-state index in [1.807, 2.05) is 0 Å². The lowest BCUT2D eigenvalue weighted by Crippen LogP contribution is -2.14. The van der Waals surface area contributed by atoms with Crippen LogP contribution < -0.4 is 5.32 Å². The largest absolute Gasteiger partial charge is 0.320 e. The molecule has 90 valence electrons. The van der Waals surface area contributed by atoms with E-state index < -0.39 is 17.5 Å². The molecule has 0 fully saturated rings. The molecule has 1 aromatic carbocycles. The monoisotopic (exact) mass is 238 g/mol. The third-order valence-corrected chi connectivity index (χ3v) is 2.18. The van der Waals surface area contributed by atoms with Gasteiger partial charge in [0.05, 0.1) is 0 Å². The number of amides is 1. The fourth-order valence-corrected chi connectivity index (χ4v) is 1.37. The number of carbonyl (C=O) groups excluding carboxylic acids is 1. The number of anilines is 1. The van der Waals surface area contributed by atoms with Crippen LogP contribution in [-0.4, -0.2) is 12.5 Å². The molecule has 0 saturated heterocycles. The Hall–Kier alpha value is -1.96. The molecule has 0 aliphatic rings. The van der Waals surface area contributed by atoms with E-state index in [4.69, 9.17) is 6.57 Å². The van der Waals surface area contributed by atoms with Gasteiger partial charge < -0.3 is 10.2 Å². The normalized spacial score (nSPS) is 10.1. The molecule has 0 spiro atoms. The molecule has 1 aromatic rings. The maximum atomic E-state index is 13.4. The maximum absolute atomic E-state index is 13.4. The molecule has 3 nitrogen and oxygen atoms in total.